The Labute approximate surface area is 151 Å². The fourth-order valence-electron chi connectivity index (χ4n) is 2.82. The summed E-state index contributed by atoms with van der Waals surface area (Å²) in [4.78, 5) is 30.8. The Morgan fingerprint density at radius 2 is 2.11 bits per heavy atom. The maximum Gasteiger partial charge on any atom is 0.416 e. The number of carbonyl (C=O) groups is 2. The molecule has 1 aromatic carbocycles. The van der Waals surface area contributed by atoms with Crippen molar-refractivity contribution in [2.75, 3.05) is 13.2 Å². The van der Waals surface area contributed by atoms with Gasteiger partial charge in [0, 0.05) is 24.3 Å². The third-order valence-corrected chi connectivity index (χ3v) is 4.35. The monoisotopic (exact) mass is 383 g/mol. The van der Waals surface area contributed by atoms with Gasteiger partial charge in [-0.15, -0.1) is 0 Å². The molecule has 1 aromatic heterocycles. The number of aromatic nitrogens is 2. The number of carboxylic acid groups (broad SMARTS) is 1. The van der Waals surface area contributed by atoms with Gasteiger partial charge in [-0.05, 0) is 19.1 Å². The molecular formula is C17H16F3N3O4. The predicted octanol–water partition coefficient (Wildman–Crippen LogP) is 2.38. The molecule has 0 bridgehead atoms. The van der Waals surface area contributed by atoms with Crippen molar-refractivity contribution in [3.05, 3.63) is 41.2 Å². The topological polar surface area (TPSA) is 104 Å². The minimum absolute atomic E-state index is 0.0794. The van der Waals surface area contributed by atoms with Gasteiger partial charge >= 0.3 is 12.1 Å². The number of aryl methyl sites for hydroxylation is 1. The van der Waals surface area contributed by atoms with Crippen LogP contribution in [0.4, 0.5) is 13.2 Å². The number of alkyl halides is 3. The first-order valence-corrected chi connectivity index (χ1v) is 8.00. The Balaban J connectivity index is 1.89. The van der Waals surface area contributed by atoms with Crippen molar-refractivity contribution in [2.45, 2.75) is 25.1 Å². The number of rotatable bonds is 4. The van der Waals surface area contributed by atoms with Crippen molar-refractivity contribution in [1.82, 2.24) is 15.3 Å². The maximum atomic E-state index is 12.9. The number of imidazole rings is 1. The molecule has 10 heteroatoms. The lowest BCUT2D eigenvalue weighted by Gasteiger charge is -2.23. The van der Waals surface area contributed by atoms with Crippen LogP contribution in [0.15, 0.2) is 24.3 Å². The zero-order valence-electron chi connectivity index (χ0n) is 14.2. The molecule has 144 valence electrons. The van der Waals surface area contributed by atoms with Crippen molar-refractivity contribution in [2.24, 2.45) is 0 Å². The van der Waals surface area contributed by atoms with E-state index in [9.17, 15) is 27.9 Å². The minimum Gasteiger partial charge on any atom is -0.479 e. The molecule has 2 heterocycles. The molecule has 27 heavy (non-hydrogen) atoms. The number of ether oxygens (including phenoxy) is 1. The highest BCUT2D eigenvalue weighted by Gasteiger charge is 2.44. The van der Waals surface area contributed by atoms with Crippen LogP contribution in [0.1, 0.15) is 28.2 Å². The van der Waals surface area contributed by atoms with Gasteiger partial charge in [-0.2, -0.15) is 13.2 Å². The van der Waals surface area contributed by atoms with Gasteiger partial charge in [-0.1, -0.05) is 12.1 Å². The fraction of sp³-hybridized carbons (Fsp3) is 0.353. The number of hydrogen-bond donors (Lipinski definition) is 3. The number of aromatic amines is 1. The molecule has 0 radical (unpaired) electrons. The lowest BCUT2D eigenvalue weighted by atomic mass is 9.99. The van der Waals surface area contributed by atoms with E-state index in [0.717, 1.165) is 12.1 Å². The molecule has 3 N–H and O–H groups in total. The molecular weight excluding hydrogens is 367 g/mol. The van der Waals surface area contributed by atoms with E-state index in [1.165, 1.54) is 19.1 Å². The average molecular weight is 383 g/mol. The Kier molecular flexibility index (Phi) is 4.68. The van der Waals surface area contributed by atoms with Crippen molar-refractivity contribution >= 4 is 11.9 Å². The zero-order valence-corrected chi connectivity index (χ0v) is 14.2. The molecule has 1 fully saturated rings. The standard InChI is InChI=1S/C17H16F3N3O4/c1-9-12(14(24)23-16(15(25)26)5-6-27-8-16)22-13(21-9)10-3-2-4-11(7-10)17(18,19)20/h2-4,7H,5-6,8H2,1H3,(H,21,22)(H,23,24)(H,25,26). The number of hydrogen-bond acceptors (Lipinski definition) is 4. The molecule has 0 aliphatic carbocycles. The maximum absolute atomic E-state index is 12.9. The van der Waals surface area contributed by atoms with Gasteiger partial charge in [-0.25, -0.2) is 9.78 Å². The summed E-state index contributed by atoms with van der Waals surface area (Å²) in [6, 6.07) is 4.52. The molecule has 1 atom stereocenters. The van der Waals surface area contributed by atoms with Crippen LogP contribution < -0.4 is 5.32 Å². The SMILES string of the molecule is Cc1[nH]c(-c2cccc(C(F)(F)F)c2)nc1C(=O)NC1(C(=O)O)CCOC1. The highest BCUT2D eigenvalue weighted by molar-refractivity contribution is 5.98. The molecule has 7 nitrogen and oxygen atoms in total. The summed E-state index contributed by atoms with van der Waals surface area (Å²) in [6.45, 7) is 1.55. The summed E-state index contributed by atoms with van der Waals surface area (Å²) in [7, 11) is 0. The summed E-state index contributed by atoms with van der Waals surface area (Å²) in [5.74, 6) is -1.88. The summed E-state index contributed by atoms with van der Waals surface area (Å²) in [6.07, 6.45) is -4.40. The van der Waals surface area contributed by atoms with E-state index in [0.29, 0.717) is 5.69 Å². The van der Waals surface area contributed by atoms with Gasteiger partial charge in [0.2, 0.25) is 0 Å². The number of halogens is 3. The number of amides is 1. The number of carbonyl (C=O) groups excluding carboxylic acids is 1. The number of carboxylic acids is 1. The number of H-pyrrole nitrogens is 1. The first kappa shape index (κ1) is 18.9. The van der Waals surface area contributed by atoms with E-state index in [-0.39, 0.29) is 36.7 Å². The van der Waals surface area contributed by atoms with Gasteiger partial charge in [0.15, 0.2) is 5.54 Å². The van der Waals surface area contributed by atoms with Crippen LogP contribution in [0.3, 0.4) is 0 Å². The van der Waals surface area contributed by atoms with Gasteiger partial charge in [0.05, 0.1) is 12.2 Å². The summed E-state index contributed by atoms with van der Waals surface area (Å²) in [5.41, 5.74) is -2.01. The largest absolute Gasteiger partial charge is 0.479 e. The predicted molar refractivity (Wildman–Crippen MR) is 87.0 cm³/mol. The smallest absolute Gasteiger partial charge is 0.416 e. The first-order valence-electron chi connectivity index (χ1n) is 8.00. The second-order valence-electron chi connectivity index (χ2n) is 6.28. The van der Waals surface area contributed by atoms with Gasteiger partial charge in [-0.3, -0.25) is 4.79 Å². The Hall–Kier alpha value is -2.88. The van der Waals surface area contributed by atoms with E-state index >= 15 is 0 Å². The van der Waals surface area contributed by atoms with Crippen molar-refractivity contribution < 1.29 is 32.6 Å². The van der Waals surface area contributed by atoms with Crippen molar-refractivity contribution in [3.63, 3.8) is 0 Å². The third kappa shape index (κ3) is 3.65. The summed E-state index contributed by atoms with van der Waals surface area (Å²) in [5, 5.41) is 11.8. The third-order valence-electron chi connectivity index (χ3n) is 4.35. The number of aliphatic carboxylic acids is 1. The van der Waals surface area contributed by atoms with Crippen LogP contribution in [0.25, 0.3) is 11.4 Å². The molecule has 1 unspecified atom stereocenters. The first-order chi connectivity index (χ1) is 12.6. The van der Waals surface area contributed by atoms with E-state index in [1.807, 2.05) is 0 Å². The normalized spacial score (nSPS) is 19.9. The molecule has 1 aliphatic heterocycles. The zero-order chi connectivity index (χ0) is 19.8. The van der Waals surface area contributed by atoms with Gasteiger partial charge in [0.25, 0.3) is 5.91 Å². The number of nitrogens with zero attached hydrogens (tertiary/aromatic N) is 1. The van der Waals surface area contributed by atoms with Crippen molar-refractivity contribution in [1.29, 1.82) is 0 Å². The van der Waals surface area contributed by atoms with Crippen LogP contribution >= 0.6 is 0 Å². The summed E-state index contributed by atoms with van der Waals surface area (Å²) >= 11 is 0. The lowest BCUT2D eigenvalue weighted by molar-refractivity contribution is -0.144. The molecule has 0 spiro atoms. The van der Waals surface area contributed by atoms with Gasteiger partial charge < -0.3 is 20.1 Å². The number of nitrogens with one attached hydrogen (secondary N) is 2. The van der Waals surface area contributed by atoms with Crippen LogP contribution in [0.5, 0.6) is 0 Å². The second-order valence-corrected chi connectivity index (χ2v) is 6.28. The molecule has 1 aliphatic rings. The fourth-order valence-corrected chi connectivity index (χ4v) is 2.82. The molecule has 0 saturated carbocycles. The highest BCUT2D eigenvalue weighted by Crippen LogP contribution is 2.31. The second kappa shape index (κ2) is 6.69. The lowest BCUT2D eigenvalue weighted by Crippen LogP contribution is -2.55. The quantitative estimate of drug-likeness (QED) is 0.752. The van der Waals surface area contributed by atoms with E-state index < -0.39 is 29.2 Å². The minimum atomic E-state index is -4.51. The van der Waals surface area contributed by atoms with Crippen LogP contribution in [-0.4, -0.2) is 45.7 Å². The van der Waals surface area contributed by atoms with Crippen molar-refractivity contribution in [3.8, 4) is 11.4 Å². The van der Waals surface area contributed by atoms with Gasteiger partial charge in [0.1, 0.15) is 11.5 Å². The molecule has 1 saturated heterocycles. The van der Waals surface area contributed by atoms with E-state index in [1.54, 1.807) is 0 Å². The summed E-state index contributed by atoms with van der Waals surface area (Å²) < 4.78 is 43.7. The Morgan fingerprint density at radius 3 is 2.70 bits per heavy atom. The highest BCUT2D eigenvalue weighted by atomic mass is 19.4. The Bertz CT molecular complexity index is 886. The van der Waals surface area contributed by atoms with E-state index in [2.05, 4.69) is 15.3 Å². The number of benzene rings is 1. The Morgan fingerprint density at radius 1 is 1.37 bits per heavy atom. The van der Waals surface area contributed by atoms with E-state index in [4.69, 9.17) is 4.74 Å². The average Bonchev–Trinajstić information content (AvgIpc) is 3.22. The van der Waals surface area contributed by atoms with Crippen LogP contribution in [0.2, 0.25) is 0 Å². The van der Waals surface area contributed by atoms with Crippen LogP contribution in [0, 0.1) is 6.92 Å². The molecule has 2 aromatic rings. The van der Waals surface area contributed by atoms with Crippen LogP contribution in [-0.2, 0) is 15.7 Å². The molecule has 1 amide bonds. The molecule has 3 rings (SSSR count).